The van der Waals surface area contributed by atoms with Crippen LogP contribution >= 0.6 is 11.3 Å². The zero-order chi connectivity index (χ0) is 17.4. The Kier molecular flexibility index (Phi) is 4.01. The monoisotopic (exact) mass is 356 g/mol. The summed E-state index contributed by atoms with van der Waals surface area (Å²) in [5.41, 5.74) is 2.96. The van der Waals surface area contributed by atoms with Crippen LogP contribution in [-0.4, -0.2) is 17.5 Å². The second kappa shape index (κ2) is 6.33. The fourth-order valence-electron chi connectivity index (χ4n) is 3.07. The molecule has 0 radical (unpaired) electrons. The minimum atomic E-state index is -0.287. The topological polar surface area (TPSA) is 81.4 Å². The lowest BCUT2D eigenvalue weighted by Crippen LogP contribution is -2.20. The van der Waals surface area contributed by atoms with Crippen molar-refractivity contribution in [2.24, 2.45) is 0 Å². The molecule has 1 amide bonds. The van der Waals surface area contributed by atoms with Gasteiger partial charge < -0.3 is 9.15 Å². The van der Waals surface area contributed by atoms with Gasteiger partial charge in [-0.25, -0.2) is 9.78 Å². The molecule has 1 aliphatic carbocycles. The van der Waals surface area contributed by atoms with Crippen LogP contribution in [0.1, 0.15) is 23.2 Å². The van der Waals surface area contributed by atoms with E-state index < -0.39 is 0 Å². The molecule has 0 bridgehead atoms. The van der Waals surface area contributed by atoms with Crippen molar-refractivity contribution in [2.75, 3.05) is 11.9 Å². The molecule has 0 fully saturated rings. The van der Waals surface area contributed by atoms with Gasteiger partial charge in [0.15, 0.2) is 11.7 Å². The van der Waals surface area contributed by atoms with Crippen molar-refractivity contribution in [3.8, 4) is 5.75 Å². The quantitative estimate of drug-likeness (QED) is 0.727. The minimum Gasteiger partial charge on any atom is -0.484 e. The van der Waals surface area contributed by atoms with Gasteiger partial charge in [0.2, 0.25) is 0 Å². The molecule has 0 spiro atoms. The van der Waals surface area contributed by atoms with Crippen molar-refractivity contribution in [3.63, 3.8) is 0 Å². The molecule has 0 unspecified atom stereocenters. The third-order valence-corrected chi connectivity index (χ3v) is 5.06. The molecule has 4 rings (SSSR count). The molecule has 7 heteroatoms. The fourth-order valence-corrected chi connectivity index (χ4v) is 3.77. The summed E-state index contributed by atoms with van der Waals surface area (Å²) >= 11 is 1.37. The molecule has 128 valence electrons. The number of amides is 1. The molecule has 0 saturated carbocycles. The van der Waals surface area contributed by atoms with Crippen molar-refractivity contribution >= 4 is 33.3 Å². The molecule has 0 aliphatic heterocycles. The van der Waals surface area contributed by atoms with Crippen LogP contribution in [0.25, 0.3) is 11.0 Å². The van der Waals surface area contributed by atoms with Gasteiger partial charge in [-0.15, -0.1) is 11.3 Å². The molecule has 0 saturated heterocycles. The van der Waals surface area contributed by atoms with Gasteiger partial charge in [0, 0.05) is 22.4 Å². The van der Waals surface area contributed by atoms with E-state index in [0.717, 1.165) is 41.5 Å². The number of nitrogens with zero attached hydrogens (tertiary/aromatic N) is 1. The maximum absolute atomic E-state index is 12.0. The average Bonchev–Trinajstić information content (AvgIpc) is 3.22. The second-order valence-electron chi connectivity index (χ2n) is 5.99. The van der Waals surface area contributed by atoms with Crippen LogP contribution in [0.4, 0.5) is 5.13 Å². The van der Waals surface area contributed by atoms with E-state index in [1.807, 2.05) is 18.4 Å². The van der Waals surface area contributed by atoms with Crippen LogP contribution in [0.2, 0.25) is 0 Å². The largest absolute Gasteiger partial charge is 0.484 e. The predicted molar refractivity (Wildman–Crippen MR) is 95.5 cm³/mol. The molecule has 6 nitrogen and oxygen atoms in total. The number of aromatic nitrogens is 1. The molecule has 1 aliphatic rings. The fraction of sp³-hybridized carbons (Fsp3) is 0.278. The summed E-state index contributed by atoms with van der Waals surface area (Å²) in [5.74, 6) is 0.198. The zero-order valence-corrected chi connectivity index (χ0v) is 14.4. The van der Waals surface area contributed by atoms with E-state index >= 15 is 0 Å². The van der Waals surface area contributed by atoms with E-state index in [-0.39, 0.29) is 18.1 Å². The average molecular weight is 356 g/mol. The second-order valence-corrected chi connectivity index (χ2v) is 6.85. The number of hydrogen-bond acceptors (Lipinski definition) is 6. The Bertz CT molecular complexity index is 1020. The summed E-state index contributed by atoms with van der Waals surface area (Å²) in [5, 5.41) is 6.04. The van der Waals surface area contributed by atoms with Crippen molar-refractivity contribution in [2.45, 2.75) is 26.2 Å². The lowest BCUT2D eigenvalue weighted by atomic mass is 10.1. The van der Waals surface area contributed by atoms with E-state index in [1.54, 1.807) is 12.1 Å². The smallest absolute Gasteiger partial charge is 0.339 e. The first-order valence-electron chi connectivity index (χ1n) is 8.03. The SMILES string of the molecule is Cc1csc(NC(=O)COc2ccc3c4c(c(=O)oc3c2)CCC4)n1. The van der Waals surface area contributed by atoms with Crippen LogP contribution in [0.5, 0.6) is 5.75 Å². The van der Waals surface area contributed by atoms with Gasteiger partial charge in [0.25, 0.3) is 5.91 Å². The number of rotatable bonds is 4. The van der Waals surface area contributed by atoms with Crippen molar-refractivity contribution < 1.29 is 13.9 Å². The third-order valence-electron chi connectivity index (χ3n) is 4.18. The van der Waals surface area contributed by atoms with Crippen molar-refractivity contribution in [1.82, 2.24) is 4.98 Å². The van der Waals surface area contributed by atoms with Crippen LogP contribution in [0, 0.1) is 6.92 Å². The third kappa shape index (κ3) is 3.15. The summed E-state index contributed by atoms with van der Waals surface area (Å²) in [4.78, 5) is 28.1. The van der Waals surface area contributed by atoms with Crippen LogP contribution < -0.4 is 15.7 Å². The Morgan fingerprint density at radius 2 is 2.20 bits per heavy atom. The van der Waals surface area contributed by atoms with Gasteiger partial charge in [-0.2, -0.15) is 0 Å². The van der Waals surface area contributed by atoms with Gasteiger partial charge in [-0.1, -0.05) is 0 Å². The lowest BCUT2D eigenvalue weighted by Gasteiger charge is -2.08. The number of hydrogen-bond donors (Lipinski definition) is 1. The number of ether oxygens (including phenoxy) is 1. The number of thiazole rings is 1. The highest BCUT2D eigenvalue weighted by atomic mass is 32.1. The Morgan fingerprint density at radius 3 is 3.00 bits per heavy atom. The summed E-state index contributed by atoms with van der Waals surface area (Å²) in [6.07, 6.45) is 2.66. The summed E-state index contributed by atoms with van der Waals surface area (Å²) in [7, 11) is 0. The highest BCUT2D eigenvalue weighted by Gasteiger charge is 2.19. The number of anilines is 1. The number of aryl methyl sites for hydroxylation is 2. The Balaban J connectivity index is 1.49. The van der Waals surface area contributed by atoms with Crippen molar-refractivity contribution in [3.05, 3.63) is 50.8 Å². The molecule has 1 aromatic carbocycles. The van der Waals surface area contributed by atoms with E-state index in [2.05, 4.69) is 10.3 Å². The van der Waals surface area contributed by atoms with Gasteiger partial charge in [0.1, 0.15) is 11.3 Å². The normalized spacial score (nSPS) is 13.0. The highest BCUT2D eigenvalue weighted by molar-refractivity contribution is 7.13. The Labute approximate surface area is 147 Å². The van der Waals surface area contributed by atoms with Crippen LogP contribution in [0.15, 0.2) is 32.8 Å². The number of benzene rings is 1. The molecule has 0 atom stereocenters. The molecular weight excluding hydrogens is 340 g/mol. The molecule has 25 heavy (non-hydrogen) atoms. The minimum absolute atomic E-state index is 0.140. The van der Waals surface area contributed by atoms with Gasteiger partial charge in [-0.05, 0) is 43.9 Å². The molecular formula is C18H16N2O4S. The lowest BCUT2D eigenvalue weighted by molar-refractivity contribution is -0.118. The van der Waals surface area contributed by atoms with E-state index in [1.165, 1.54) is 11.3 Å². The summed E-state index contributed by atoms with van der Waals surface area (Å²) in [6.45, 7) is 1.72. The number of carbonyl (C=O) groups excluding carboxylic acids is 1. The van der Waals surface area contributed by atoms with Gasteiger partial charge >= 0.3 is 5.63 Å². The first-order chi connectivity index (χ1) is 12.1. The molecule has 1 N–H and O–H groups in total. The number of fused-ring (bicyclic) bond motifs is 3. The highest BCUT2D eigenvalue weighted by Crippen LogP contribution is 2.29. The predicted octanol–water partition coefficient (Wildman–Crippen LogP) is 3.06. The summed E-state index contributed by atoms with van der Waals surface area (Å²) < 4.78 is 10.9. The molecule has 2 heterocycles. The molecule has 2 aromatic heterocycles. The zero-order valence-electron chi connectivity index (χ0n) is 13.6. The van der Waals surface area contributed by atoms with E-state index in [9.17, 15) is 9.59 Å². The van der Waals surface area contributed by atoms with E-state index in [4.69, 9.17) is 9.15 Å². The Morgan fingerprint density at radius 1 is 1.36 bits per heavy atom. The standard InChI is InChI=1S/C18H16N2O4S/c1-10-9-25-18(19-10)20-16(21)8-23-11-5-6-13-12-3-2-4-14(12)17(22)24-15(13)7-11/h5-7,9H,2-4,8H2,1H3,(H,19,20,21). The van der Waals surface area contributed by atoms with Gasteiger partial charge in [-0.3, -0.25) is 10.1 Å². The molecule has 3 aromatic rings. The summed E-state index contributed by atoms with van der Waals surface area (Å²) in [6, 6.07) is 5.34. The van der Waals surface area contributed by atoms with Crippen LogP contribution in [-0.2, 0) is 17.6 Å². The number of carbonyl (C=O) groups is 1. The maximum Gasteiger partial charge on any atom is 0.339 e. The Hall–Kier alpha value is -2.67. The maximum atomic E-state index is 12.0. The number of nitrogens with one attached hydrogen (secondary N) is 1. The first kappa shape index (κ1) is 15.8. The van der Waals surface area contributed by atoms with Crippen LogP contribution in [0.3, 0.4) is 0 Å². The van der Waals surface area contributed by atoms with Crippen molar-refractivity contribution in [1.29, 1.82) is 0 Å². The van der Waals surface area contributed by atoms with E-state index in [0.29, 0.717) is 16.5 Å². The first-order valence-corrected chi connectivity index (χ1v) is 8.91. The van der Waals surface area contributed by atoms with Gasteiger partial charge in [0.05, 0.1) is 5.69 Å².